The Morgan fingerprint density at radius 3 is 2.54 bits per heavy atom. The van der Waals surface area contributed by atoms with Crippen molar-refractivity contribution in [2.75, 3.05) is 6.61 Å². The number of hydrogen-bond donors (Lipinski definition) is 1. The fourth-order valence-corrected chi connectivity index (χ4v) is 2.85. The summed E-state index contributed by atoms with van der Waals surface area (Å²) in [5.41, 5.74) is -1.88. The second-order valence-electron chi connectivity index (χ2n) is 6.58. The number of aromatic carboxylic acids is 1. The minimum Gasteiger partial charge on any atom is -0.478 e. The highest BCUT2D eigenvalue weighted by atomic mass is 28.3. The number of fused-ring (bicyclic) bond motifs is 1. The molecule has 0 bridgehead atoms. The van der Waals surface area contributed by atoms with Crippen molar-refractivity contribution < 1.29 is 27.8 Å². The van der Waals surface area contributed by atoms with Crippen molar-refractivity contribution in [3.63, 3.8) is 0 Å². The van der Waals surface area contributed by atoms with Gasteiger partial charge in [0, 0.05) is 26.3 Å². The Morgan fingerprint density at radius 1 is 1.33 bits per heavy atom. The summed E-state index contributed by atoms with van der Waals surface area (Å²) in [6, 6.07) is 0.858. The van der Waals surface area contributed by atoms with Crippen LogP contribution in [-0.4, -0.2) is 40.5 Å². The fourth-order valence-electron chi connectivity index (χ4n) is 2.10. The number of carbonyl (C=O) groups is 1. The van der Waals surface area contributed by atoms with E-state index < -0.39 is 25.9 Å². The molecule has 0 aliphatic carbocycles. The summed E-state index contributed by atoms with van der Waals surface area (Å²) in [7, 11) is -1.32. The maximum atomic E-state index is 13.2. The van der Waals surface area contributed by atoms with Crippen LogP contribution in [0, 0.1) is 0 Å². The zero-order chi connectivity index (χ0) is 18.1. The molecule has 2 aromatic heterocycles. The summed E-state index contributed by atoms with van der Waals surface area (Å²) in [5.74, 6) is -1.36. The molecule has 2 heterocycles. The van der Waals surface area contributed by atoms with E-state index in [-0.39, 0.29) is 23.2 Å². The Morgan fingerprint density at radius 2 is 2.00 bits per heavy atom. The third-order valence-corrected chi connectivity index (χ3v) is 5.09. The highest BCUT2D eigenvalue weighted by molar-refractivity contribution is 6.76. The molecule has 10 heteroatoms. The third-order valence-electron chi connectivity index (χ3n) is 3.39. The summed E-state index contributed by atoms with van der Waals surface area (Å²) in [5, 5.41) is 12.8. The Kier molecular flexibility index (Phi) is 4.99. The first-order chi connectivity index (χ1) is 11.0. The standard InChI is InChI=1S/C14H18F3N3O3Si/c1-24(2,3)5-4-23-8-20-11-9(7-19-20)10(13(21)22)6-18-12(11)14(15,16)17/h6-7H,4-5,8H2,1-3H3,(H,21,22). The highest BCUT2D eigenvalue weighted by Crippen LogP contribution is 2.34. The quantitative estimate of drug-likeness (QED) is 0.630. The van der Waals surface area contributed by atoms with Gasteiger partial charge >= 0.3 is 12.1 Å². The number of hydrogen-bond acceptors (Lipinski definition) is 4. The molecule has 0 amide bonds. The monoisotopic (exact) mass is 361 g/mol. The lowest BCUT2D eigenvalue weighted by Crippen LogP contribution is -2.22. The number of ether oxygens (including phenoxy) is 1. The van der Waals surface area contributed by atoms with Gasteiger partial charge in [0.1, 0.15) is 12.2 Å². The zero-order valence-electron chi connectivity index (χ0n) is 13.5. The molecule has 0 saturated heterocycles. The van der Waals surface area contributed by atoms with E-state index in [1.165, 1.54) is 0 Å². The van der Waals surface area contributed by atoms with E-state index in [0.717, 1.165) is 16.9 Å². The number of carboxylic acid groups (broad SMARTS) is 1. The van der Waals surface area contributed by atoms with Crippen molar-refractivity contribution in [1.29, 1.82) is 0 Å². The van der Waals surface area contributed by atoms with Crippen LogP contribution in [0.5, 0.6) is 0 Å². The number of pyridine rings is 1. The molecule has 0 unspecified atom stereocenters. The molecule has 2 aromatic rings. The Balaban J connectivity index is 2.37. The molecule has 24 heavy (non-hydrogen) atoms. The molecule has 0 radical (unpaired) electrons. The molecule has 0 aliphatic rings. The van der Waals surface area contributed by atoms with Gasteiger partial charge in [-0.15, -0.1) is 0 Å². The van der Waals surface area contributed by atoms with Crippen LogP contribution < -0.4 is 0 Å². The van der Waals surface area contributed by atoms with Crippen molar-refractivity contribution in [2.45, 2.75) is 38.6 Å². The normalized spacial score (nSPS) is 12.8. The molecule has 0 aromatic carbocycles. The van der Waals surface area contributed by atoms with Gasteiger partial charge < -0.3 is 9.84 Å². The number of rotatable bonds is 6. The van der Waals surface area contributed by atoms with E-state index in [1.54, 1.807) is 0 Å². The minimum atomic E-state index is -4.72. The maximum absolute atomic E-state index is 13.2. The van der Waals surface area contributed by atoms with Crippen molar-refractivity contribution in [3.05, 3.63) is 23.7 Å². The van der Waals surface area contributed by atoms with E-state index in [1.807, 2.05) is 0 Å². The van der Waals surface area contributed by atoms with E-state index in [2.05, 4.69) is 29.7 Å². The maximum Gasteiger partial charge on any atom is 0.435 e. The molecule has 132 valence electrons. The predicted octanol–water partition coefficient (Wildman–Crippen LogP) is 3.46. The van der Waals surface area contributed by atoms with Gasteiger partial charge in [-0.25, -0.2) is 14.5 Å². The highest BCUT2D eigenvalue weighted by Gasteiger charge is 2.37. The smallest absolute Gasteiger partial charge is 0.435 e. The number of carboxylic acids is 1. The summed E-state index contributed by atoms with van der Waals surface area (Å²) >= 11 is 0. The molecular weight excluding hydrogens is 343 g/mol. The molecule has 0 fully saturated rings. The van der Waals surface area contributed by atoms with E-state index in [4.69, 9.17) is 9.84 Å². The van der Waals surface area contributed by atoms with Crippen molar-refractivity contribution in [2.24, 2.45) is 0 Å². The van der Waals surface area contributed by atoms with Crippen LogP contribution in [0.1, 0.15) is 16.1 Å². The predicted molar refractivity (Wildman–Crippen MR) is 83.6 cm³/mol. The van der Waals surface area contributed by atoms with E-state index in [9.17, 15) is 18.0 Å². The first kappa shape index (κ1) is 18.4. The van der Waals surface area contributed by atoms with Crippen LogP contribution in [0.4, 0.5) is 13.2 Å². The first-order valence-electron chi connectivity index (χ1n) is 7.23. The fraction of sp³-hybridized carbons (Fsp3) is 0.500. The number of halogens is 3. The van der Waals surface area contributed by atoms with Crippen LogP contribution in [0.2, 0.25) is 25.7 Å². The Hall–Kier alpha value is -1.94. The molecule has 0 atom stereocenters. The van der Waals surface area contributed by atoms with Crippen molar-refractivity contribution in [1.82, 2.24) is 14.8 Å². The van der Waals surface area contributed by atoms with Crippen molar-refractivity contribution >= 4 is 24.9 Å². The number of nitrogens with zero attached hydrogens (tertiary/aromatic N) is 3. The van der Waals surface area contributed by atoms with E-state index in [0.29, 0.717) is 12.8 Å². The van der Waals surface area contributed by atoms with Crippen LogP contribution in [0.25, 0.3) is 10.9 Å². The third kappa shape index (κ3) is 4.12. The molecule has 0 saturated carbocycles. The molecular formula is C14H18F3N3O3Si. The molecule has 0 spiro atoms. The number of alkyl halides is 3. The topological polar surface area (TPSA) is 77.2 Å². The lowest BCUT2D eigenvalue weighted by atomic mass is 10.1. The Labute approximate surface area is 137 Å². The average molecular weight is 361 g/mol. The van der Waals surface area contributed by atoms with Crippen LogP contribution in [-0.2, 0) is 17.6 Å². The van der Waals surface area contributed by atoms with Gasteiger partial charge in [-0.3, -0.25) is 0 Å². The van der Waals surface area contributed by atoms with Gasteiger partial charge in [0.15, 0.2) is 5.69 Å². The Bertz CT molecular complexity index is 753. The van der Waals surface area contributed by atoms with Gasteiger partial charge in [-0.2, -0.15) is 18.3 Å². The molecule has 1 N–H and O–H groups in total. The largest absolute Gasteiger partial charge is 0.478 e. The van der Waals surface area contributed by atoms with Gasteiger partial charge in [0.05, 0.1) is 11.8 Å². The number of aromatic nitrogens is 3. The molecule has 2 rings (SSSR count). The minimum absolute atomic E-state index is 0.112. The lowest BCUT2D eigenvalue weighted by Gasteiger charge is -2.16. The summed E-state index contributed by atoms with van der Waals surface area (Å²) < 4.78 is 45.9. The van der Waals surface area contributed by atoms with Gasteiger partial charge in [-0.05, 0) is 6.04 Å². The van der Waals surface area contributed by atoms with Crippen LogP contribution in [0.15, 0.2) is 12.4 Å². The van der Waals surface area contributed by atoms with Crippen LogP contribution >= 0.6 is 0 Å². The zero-order valence-corrected chi connectivity index (χ0v) is 14.5. The van der Waals surface area contributed by atoms with Gasteiger partial charge in [0.2, 0.25) is 0 Å². The van der Waals surface area contributed by atoms with Gasteiger partial charge in [0.25, 0.3) is 0 Å². The average Bonchev–Trinajstić information content (AvgIpc) is 2.84. The summed E-state index contributed by atoms with van der Waals surface area (Å²) in [6.07, 6.45) is -2.92. The molecule has 0 aliphatic heterocycles. The second-order valence-corrected chi connectivity index (χ2v) is 12.2. The van der Waals surface area contributed by atoms with Crippen molar-refractivity contribution in [3.8, 4) is 0 Å². The van der Waals surface area contributed by atoms with E-state index >= 15 is 0 Å². The molecule has 6 nitrogen and oxygen atoms in total. The SMILES string of the molecule is C[Si](C)(C)CCOCn1ncc2c(C(=O)O)cnc(C(F)(F)F)c21. The second kappa shape index (κ2) is 6.52. The summed E-state index contributed by atoms with van der Waals surface area (Å²) in [6.45, 7) is 6.69. The first-order valence-corrected chi connectivity index (χ1v) is 10.9. The van der Waals surface area contributed by atoms with Crippen LogP contribution in [0.3, 0.4) is 0 Å². The lowest BCUT2D eigenvalue weighted by molar-refractivity contribution is -0.140. The van der Waals surface area contributed by atoms with Gasteiger partial charge in [-0.1, -0.05) is 19.6 Å². The summed E-state index contributed by atoms with van der Waals surface area (Å²) in [4.78, 5) is 14.5.